The van der Waals surface area contributed by atoms with E-state index in [4.69, 9.17) is 14.7 Å². The van der Waals surface area contributed by atoms with E-state index in [2.05, 4.69) is 22.0 Å². The van der Waals surface area contributed by atoms with Crippen molar-refractivity contribution in [2.24, 2.45) is 0 Å². The Morgan fingerprint density at radius 2 is 2.07 bits per heavy atom. The van der Waals surface area contributed by atoms with Gasteiger partial charge in [0, 0.05) is 43.5 Å². The fourth-order valence-electron chi connectivity index (χ4n) is 4.56. The van der Waals surface area contributed by atoms with Gasteiger partial charge in [0.2, 0.25) is 5.91 Å². The number of nitrogens with one attached hydrogen (secondary N) is 1. The number of hydrogen-bond acceptors (Lipinski definition) is 7. The van der Waals surface area contributed by atoms with E-state index in [1.807, 2.05) is 11.3 Å². The summed E-state index contributed by atoms with van der Waals surface area (Å²) >= 11 is 1.84. The van der Waals surface area contributed by atoms with Gasteiger partial charge in [-0.1, -0.05) is 0 Å². The largest absolute Gasteiger partial charge is 0.379 e. The first kappa shape index (κ1) is 18.3. The normalized spacial score (nSPS) is 23.7. The second-order valence-electron chi connectivity index (χ2n) is 7.99. The summed E-state index contributed by atoms with van der Waals surface area (Å²) in [4.78, 5) is 29.4. The molecule has 2 aliphatic heterocycles. The number of aromatic nitrogens is 2. The monoisotopic (exact) mass is 401 g/mol. The zero-order valence-electron chi connectivity index (χ0n) is 16.4. The van der Waals surface area contributed by atoms with Gasteiger partial charge in [-0.15, -0.1) is 11.3 Å². The Labute approximate surface area is 169 Å². The minimum absolute atomic E-state index is 0.129. The van der Waals surface area contributed by atoms with Crippen LogP contribution in [0.2, 0.25) is 0 Å². The fraction of sp³-hybridized carbons (Fsp3) is 0.650. The van der Waals surface area contributed by atoms with Gasteiger partial charge >= 0.3 is 0 Å². The lowest BCUT2D eigenvalue weighted by atomic mass is 10.1. The third kappa shape index (κ3) is 3.38. The van der Waals surface area contributed by atoms with Crippen molar-refractivity contribution in [1.82, 2.24) is 20.2 Å². The lowest BCUT2D eigenvalue weighted by Gasteiger charge is -2.29. The van der Waals surface area contributed by atoms with Crippen molar-refractivity contribution in [3.05, 3.63) is 16.3 Å². The van der Waals surface area contributed by atoms with Crippen molar-refractivity contribution in [1.29, 1.82) is 0 Å². The van der Waals surface area contributed by atoms with Gasteiger partial charge in [-0.3, -0.25) is 9.69 Å². The second kappa shape index (κ2) is 7.57. The molecule has 0 spiro atoms. The van der Waals surface area contributed by atoms with Crippen molar-refractivity contribution in [3.63, 3.8) is 0 Å². The molecule has 4 heterocycles. The number of nitrogens with zero attached hydrogens (tertiary/aromatic N) is 4. The molecule has 2 aromatic rings. The van der Waals surface area contributed by atoms with Crippen LogP contribution in [0, 0.1) is 0 Å². The molecule has 0 bridgehead atoms. The highest BCUT2D eigenvalue weighted by Gasteiger charge is 2.29. The van der Waals surface area contributed by atoms with Crippen LogP contribution in [0.4, 0.5) is 5.82 Å². The first-order valence-corrected chi connectivity index (χ1v) is 11.2. The Hall–Kier alpha value is -1.77. The van der Waals surface area contributed by atoms with Crippen LogP contribution >= 0.6 is 11.3 Å². The molecule has 1 aliphatic carbocycles. The SMILES string of the molecule is C[C@H]1CC(=O)NCCN1c1nc(CN2CCOCC2)nc2sc3c(c12)CCC3. The van der Waals surface area contributed by atoms with E-state index >= 15 is 0 Å². The summed E-state index contributed by atoms with van der Waals surface area (Å²) in [7, 11) is 0. The Balaban J connectivity index is 1.57. The predicted molar refractivity (Wildman–Crippen MR) is 110 cm³/mol. The lowest BCUT2D eigenvalue weighted by Crippen LogP contribution is -2.37. The van der Waals surface area contributed by atoms with Crippen molar-refractivity contribution in [3.8, 4) is 0 Å². The van der Waals surface area contributed by atoms with E-state index in [1.165, 1.54) is 22.2 Å². The molecule has 3 aliphatic rings. The van der Waals surface area contributed by atoms with Gasteiger partial charge in [-0.05, 0) is 31.7 Å². The van der Waals surface area contributed by atoms with Crippen LogP contribution in [0.5, 0.6) is 0 Å². The Kier molecular flexibility index (Phi) is 4.94. The number of carbonyl (C=O) groups excluding carboxylic acids is 1. The third-order valence-corrected chi connectivity index (χ3v) is 7.21. The maximum atomic E-state index is 12.0. The van der Waals surface area contributed by atoms with Crippen molar-refractivity contribution in [2.45, 2.75) is 45.2 Å². The van der Waals surface area contributed by atoms with Gasteiger partial charge in [-0.2, -0.15) is 0 Å². The van der Waals surface area contributed by atoms with Crippen LogP contribution in [-0.4, -0.2) is 66.2 Å². The molecular weight excluding hydrogens is 374 g/mol. The third-order valence-electron chi connectivity index (χ3n) is 6.02. The predicted octanol–water partition coefficient (Wildman–Crippen LogP) is 1.73. The average Bonchev–Trinajstić information content (AvgIpc) is 3.21. The topological polar surface area (TPSA) is 70.6 Å². The highest BCUT2D eigenvalue weighted by atomic mass is 32.1. The summed E-state index contributed by atoms with van der Waals surface area (Å²) in [5.74, 6) is 2.06. The number of anilines is 1. The molecule has 28 heavy (non-hydrogen) atoms. The molecule has 2 aromatic heterocycles. The van der Waals surface area contributed by atoms with E-state index in [-0.39, 0.29) is 11.9 Å². The molecule has 8 heteroatoms. The molecular formula is C20H27N5O2S. The maximum absolute atomic E-state index is 12.0. The molecule has 0 saturated carbocycles. The van der Waals surface area contributed by atoms with Gasteiger partial charge < -0.3 is 15.0 Å². The van der Waals surface area contributed by atoms with Gasteiger partial charge in [-0.25, -0.2) is 9.97 Å². The van der Waals surface area contributed by atoms with Gasteiger partial charge in [0.25, 0.3) is 0 Å². The first-order valence-electron chi connectivity index (χ1n) is 10.3. The Morgan fingerprint density at radius 3 is 2.93 bits per heavy atom. The zero-order chi connectivity index (χ0) is 19.1. The highest BCUT2D eigenvalue weighted by Crippen LogP contribution is 2.41. The molecule has 1 atom stereocenters. The zero-order valence-corrected chi connectivity index (χ0v) is 17.2. The molecule has 0 unspecified atom stereocenters. The van der Waals surface area contributed by atoms with Crippen molar-refractivity contribution in [2.75, 3.05) is 44.3 Å². The summed E-state index contributed by atoms with van der Waals surface area (Å²) < 4.78 is 5.48. The molecule has 2 saturated heterocycles. The Bertz CT molecular complexity index is 892. The number of ether oxygens (including phenoxy) is 1. The minimum Gasteiger partial charge on any atom is -0.379 e. The van der Waals surface area contributed by atoms with Crippen LogP contribution in [0.3, 0.4) is 0 Å². The fourth-order valence-corrected chi connectivity index (χ4v) is 5.83. The van der Waals surface area contributed by atoms with E-state index in [0.717, 1.165) is 68.7 Å². The highest BCUT2D eigenvalue weighted by molar-refractivity contribution is 7.19. The number of morpholine rings is 1. The van der Waals surface area contributed by atoms with Crippen molar-refractivity contribution >= 4 is 33.3 Å². The van der Waals surface area contributed by atoms with Crippen LogP contribution in [0.15, 0.2) is 0 Å². The first-order chi connectivity index (χ1) is 13.7. The molecule has 5 rings (SSSR count). The van der Waals surface area contributed by atoms with E-state index in [9.17, 15) is 4.79 Å². The van der Waals surface area contributed by atoms with Gasteiger partial charge in [0.15, 0.2) is 0 Å². The van der Waals surface area contributed by atoms with E-state index in [1.54, 1.807) is 0 Å². The minimum atomic E-state index is 0.129. The quantitative estimate of drug-likeness (QED) is 0.845. The number of amides is 1. The number of aryl methyl sites for hydroxylation is 2. The van der Waals surface area contributed by atoms with Crippen LogP contribution in [0.25, 0.3) is 10.2 Å². The summed E-state index contributed by atoms with van der Waals surface area (Å²) in [6.07, 6.45) is 4.01. The number of carbonyl (C=O) groups is 1. The van der Waals surface area contributed by atoms with E-state index < -0.39 is 0 Å². The maximum Gasteiger partial charge on any atom is 0.222 e. The summed E-state index contributed by atoms with van der Waals surface area (Å²) in [5.41, 5.74) is 1.45. The molecule has 0 radical (unpaired) electrons. The van der Waals surface area contributed by atoms with Gasteiger partial charge in [0.1, 0.15) is 16.5 Å². The molecule has 150 valence electrons. The molecule has 1 N–H and O–H groups in total. The van der Waals surface area contributed by atoms with Crippen LogP contribution in [0.1, 0.15) is 36.0 Å². The average molecular weight is 402 g/mol. The van der Waals surface area contributed by atoms with Crippen LogP contribution in [-0.2, 0) is 28.9 Å². The standard InChI is InChI=1S/C20H27N5O2S/c1-13-11-17(26)21-5-6-25(13)19-18-14-3-2-4-15(14)28-20(18)23-16(22-19)12-24-7-9-27-10-8-24/h13H,2-12H2,1H3,(H,21,26)/t13-/m0/s1. The number of hydrogen-bond donors (Lipinski definition) is 1. The lowest BCUT2D eigenvalue weighted by molar-refractivity contribution is -0.120. The van der Waals surface area contributed by atoms with Gasteiger partial charge in [0.05, 0.1) is 25.1 Å². The van der Waals surface area contributed by atoms with E-state index in [0.29, 0.717) is 13.0 Å². The van der Waals surface area contributed by atoms with Crippen molar-refractivity contribution < 1.29 is 9.53 Å². The summed E-state index contributed by atoms with van der Waals surface area (Å²) in [5, 5.41) is 4.25. The molecule has 0 aromatic carbocycles. The molecule has 2 fully saturated rings. The molecule has 7 nitrogen and oxygen atoms in total. The number of rotatable bonds is 3. The second-order valence-corrected chi connectivity index (χ2v) is 9.07. The number of thiophene rings is 1. The molecule has 1 amide bonds. The van der Waals surface area contributed by atoms with Crippen LogP contribution < -0.4 is 10.2 Å². The summed E-state index contributed by atoms with van der Waals surface area (Å²) in [6.45, 7) is 7.76. The summed E-state index contributed by atoms with van der Waals surface area (Å²) in [6, 6.07) is 0.133. The Morgan fingerprint density at radius 1 is 1.21 bits per heavy atom. The number of fused-ring (bicyclic) bond motifs is 3. The smallest absolute Gasteiger partial charge is 0.222 e.